The highest BCUT2D eigenvalue weighted by Crippen LogP contribution is 2.47. The van der Waals surface area contributed by atoms with E-state index in [9.17, 15) is 39.0 Å². The third kappa shape index (κ3) is 15.1. The minimum absolute atomic E-state index is 0.0454. The molecule has 0 aliphatic carbocycles. The third-order valence-corrected chi connectivity index (χ3v) is 9.27. The smallest absolute Gasteiger partial charge is 0.343 e. The number of carbonyl (C=O) groups excluding carboxylic acids is 6. The molecule has 0 radical (unpaired) electrons. The minimum atomic E-state index is -1.02. The maximum atomic E-state index is 13.1. The monoisotopic (exact) mass is 921 g/mol. The minimum Gasteiger partial charge on any atom is -0.494 e. The molecule has 2 N–H and O–H groups in total. The average Bonchev–Trinajstić information content (AvgIpc) is 3.53. The predicted molar refractivity (Wildman–Crippen MR) is 237 cm³/mol. The van der Waals surface area contributed by atoms with E-state index in [1.165, 1.54) is 67.7 Å². The van der Waals surface area contributed by atoms with E-state index >= 15 is 0 Å². The summed E-state index contributed by atoms with van der Waals surface area (Å²) >= 11 is 0. The van der Waals surface area contributed by atoms with E-state index in [1.54, 1.807) is 36.4 Å². The molecule has 1 heterocycles. The van der Waals surface area contributed by atoms with Crippen LogP contribution in [-0.4, -0.2) is 90.2 Å². The van der Waals surface area contributed by atoms with E-state index in [0.717, 1.165) is 42.4 Å². The number of ether oxygens (including phenoxy) is 9. The Balaban J connectivity index is 1.07. The van der Waals surface area contributed by atoms with E-state index in [1.807, 2.05) is 0 Å². The van der Waals surface area contributed by atoms with Crippen LogP contribution in [0.2, 0.25) is 0 Å². The van der Waals surface area contributed by atoms with Crippen LogP contribution in [0.15, 0.2) is 122 Å². The quantitative estimate of drug-likeness (QED) is 0.0257. The first-order valence-electron chi connectivity index (χ1n) is 20.7. The van der Waals surface area contributed by atoms with Gasteiger partial charge in [-0.2, -0.15) is 0 Å². The zero-order valence-corrected chi connectivity index (χ0v) is 36.3. The molecule has 4 aromatic carbocycles. The van der Waals surface area contributed by atoms with Crippen molar-refractivity contribution < 1.29 is 81.6 Å². The molecule has 5 aromatic rings. The molecule has 0 aliphatic heterocycles. The van der Waals surface area contributed by atoms with Gasteiger partial charge in [0.1, 0.15) is 36.2 Å². The number of nitrogens with zero attached hydrogens (tertiary/aromatic N) is 1. The lowest BCUT2D eigenvalue weighted by Crippen LogP contribution is -2.13. The van der Waals surface area contributed by atoms with Crippen molar-refractivity contribution in [2.75, 3.05) is 39.6 Å². The van der Waals surface area contributed by atoms with Gasteiger partial charge >= 0.3 is 35.8 Å². The molecule has 5 rings (SSSR count). The van der Waals surface area contributed by atoms with Crippen molar-refractivity contribution in [2.45, 2.75) is 25.7 Å². The van der Waals surface area contributed by atoms with Crippen LogP contribution in [0.5, 0.6) is 46.3 Å². The van der Waals surface area contributed by atoms with E-state index in [4.69, 9.17) is 42.6 Å². The first-order valence-corrected chi connectivity index (χ1v) is 20.7. The molecule has 1 aromatic heterocycles. The Morgan fingerprint density at radius 3 is 1.21 bits per heavy atom. The highest BCUT2D eigenvalue weighted by atomic mass is 16.6. The Labute approximate surface area is 384 Å². The molecule has 18 nitrogen and oxygen atoms in total. The SMILES string of the molecule is C=CC(=O)OCCCCCCOc1ccc(C(=O)Oc2ccc(C(=O)Oc3c(OC(=O)c4ccc(OC(=O)c5ccc(OCCOCCOC(=O)C=C)cc5)cc4)c(O)n(C)c3O)cc2)cc1. The summed E-state index contributed by atoms with van der Waals surface area (Å²) in [5.41, 5.74) is 0.364. The first-order chi connectivity index (χ1) is 32.4. The number of unbranched alkanes of at least 4 members (excludes halogenated alkanes) is 3. The number of esters is 6. The van der Waals surface area contributed by atoms with E-state index in [-0.39, 0.29) is 60.2 Å². The van der Waals surface area contributed by atoms with Gasteiger partial charge in [-0.05, 0) is 123 Å². The Morgan fingerprint density at radius 1 is 0.448 bits per heavy atom. The highest BCUT2D eigenvalue weighted by molar-refractivity contribution is 5.95. The molecular formula is C49H47NO17. The third-order valence-electron chi connectivity index (χ3n) is 9.27. The summed E-state index contributed by atoms with van der Waals surface area (Å²) in [6.45, 7) is 8.20. The molecule has 0 amide bonds. The van der Waals surface area contributed by atoms with Crippen LogP contribution in [-0.2, 0) is 30.8 Å². The Bertz CT molecular complexity index is 2510. The number of carbonyl (C=O) groups is 6. The normalized spacial score (nSPS) is 10.5. The Hall–Kier alpha value is -8.38. The standard InChI is InChI=1S/C49H47NO17/c1-4-40(51)62-27-9-7-6-8-26-60-36-18-10-32(11-19-36)46(55)64-38-22-14-34(15-23-38)48(57)66-42-43(45(54)50(3)44(42)53)67-49(58)35-16-24-39(25-17-35)65-47(56)33-12-20-37(21-13-33)61-30-28-59-29-31-63-41(52)5-2/h4-5,10-25,53-54H,1-2,6-9,26-31H2,3H3. The zero-order valence-electron chi connectivity index (χ0n) is 36.3. The van der Waals surface area contributed by atoms with Crippen LogP contribution in [0, 0.1) is 0 Å². The number of aromatic nitrogens is 1. The van der Waals surface area contributed by atoms with Crippen molar-refractivity contribution in [3.05, 3.63) is 145 Å². The van der Waals surface area contributed by atoms with Gasteiger partial charge in [-0.1, -0.05) is 13.2 Å². The second-order valence-electron chi connectivity index (χ2n) is 14.0. The number of aromatic hydroxyl groups is 2. The highest BCUT2D eigenvalue weighted by Gasteiger charge is 2.29. The summed E-state index contributed by atoms with van der Waals surface area (Å²) in [6.07, 6.45) is 5.49. The van der Waals surface area contributed by atoms with Crippen LogP contribution < -0.4 is 28.4 Å². The van der Waals surface area contributed by atoms with Crippen LogP contribution in [0.25, 0.3) is 0 Å². The lowest BCUT2D eigenvalue weighted by molar-refractivity contribution is -0.139. The number of hydrogen-bond donors (Lipinski definition) is 2. The molecule has 0 unspecified atom stereocenters. The van der Waals surface area contributed by atoms with Crippen molar-refractivity contribution >= 4 is 35.8 Å². The molecule has 0 saturated carbocycles. The maximum absolute atomic E-state index is 13.1. The zero-order chi connectivity index (χ0) is 48.1. The topological polar surface area (TPSA) is 231 Å². The molecule has 18 heteroatoms. The molecule has 0 fully saturated rings. The fourth-order valence-corrected chi connectivity index (χ4v) is 5.68. The fraction of sp³-hybridized carbons (Fsp3) is 0.224. The predicted octanol–water partition coefficient (Wildman–Crippen LogP) is 7.11. The molecular weight excluding hydrogens is 875 g/mol. The van der Waals surface area contributed by atoms with E-state index in [2.05, 4.69) is 13.2 Å². The van der Waals surface area contributed by atoms with Crippen molar-refractivity contribution in [3.8, 4) is 46.3 Å². The van der Waals surface area contributed by atoms with Crippen molar-refractivity contribution in [1.29, 1.82) is 0 Å². The Morgan fingerprint density at radius 2 is 0.791 bits per heavy atom. The lowest BCUT2D eigenvalue weighted by atomic mass is 10.2. The molecule has 67 heavy (non-hydrogen) atoms. The van der Waals surface area contributed by atoms with Gasteiger partial charge in [0.25, 0.3) is 0 Å². The van der Waals surface area contributed by atoms with Crippen molar-refractivity contribution in [1.82, 2.24) is 4.57 Å². The van der Waals surface area contributed by atoms with Gasteiger partial charge in [0.2, 0.25) is 23.3 Å². The van der Waals surface area contributed by atoms with Gasteiger partial charge < -0.3 is 52.8 Å². The number of hydrogen-bond acceptors (Lipinski definition) is 17. The van der Waals surface area contributed by atoms with Crippen molar-refractivity contribution in [3.63, 3.8) is 0 Å². The summed E-state index contributed by atoms with van der Waals surface area (Å²) in [5, 5.41) is 21.3. The molecule has 0 spiro atoms. The molecule has 0 bridgehead atoms. The summed E-state index contributed by atoms with van der Waals surface area (Å²) < 4.78 is 48.8. The second kappa shape index (κ2) is 25.2. The summed E-state index contributed by atoms with van der Waals surface area (Å²) in [5.74, 6) is -5.87. The van der Waals surface area contributed by atoms with Gasteiger partial charge in [0.05, 0.1) is 48.7 Å². The summed E-state index contributed by atoms with van der Waals surface area (Å²) in [7, 11) is 1.23. The lowest BCUT2D eigenvalue weighted by Gasteiger charge is -2.09. The molecule has 0 saturated heterocycles. The van der Waals surface area contributed by atoms with Crippen LogP contribution in [0.4, 0.5) is 0 Å². The second-order valence-corrected chi connectivity index (χ2v) is 14.0. The van der Waals surface area contributed by atoms with Gasteiger partial charge in [0, 0.05) is 19.2 Å². The Kier molecular flexibility index (Phi) is 18.7. The number of rotatable bonds is 25. The molecule has 0 atom stereocenters. The largest absolute Gasteiger partial charge is 0.494 e. The summed E-state index contributed by atoms with van der Waals surface area (Å²) in [4.78, 5) is 73.9. The van der Waals surface area contributed by atoms with Gasteiger partial charge in [-0.15, -0.1) is 0 Å². The van der Waals surface area contributed by atoms with E-state index in [0.29, 0.717) is 24.7 Å². The molecule has 0 aliphatic rings. The van der Waals surface area contributed by atoms with Gasteiger partial charge in [0.15, 0.2) is 0 Å². The van der Waals surface area contributed by atoms with Gasteiger partial charge in [-0.25, -0.2) is 28.8 Å². The average molecular weight is 922 g/mol. The summed E-state index contributed by atoms with van der Waals surface area (Å²) in [6, 6.07) is 23.1. The number of benzene rings is 4. The van der Waals surface area contributed by atoms with Crippen LogP contribution >= 0.6 is 0 Å². The van der Waals surface area contributed by atoms with Crippen LogP contribution in [0.3, 0.4) is 0 Å². The van der Waals surface area contributed by atoms with Gasteiger partial charge in [-0.3, -0.25) is 4.57 Å². The van der Waals surface area contributed by atoms with E-state index < -0.39 is 59.1 Å². The van der Waals surface area contributed by atoms with Crippen LogP contribution in [0.1, 0.15) is 67.1 Å². The maximum Gasteiger partial charge on any atom is 0.343 e. The first kappa shape index (κ1) is 49.6. The fourth-order valence-electron chi connectivity index (χ4n) is 5.68. The van der Waals surface area contributed by atoms with Crippen molar-refractivity contribution in [2.24, 2.45) is 7.05 Å². The molecule has 350 valence electrons.